The molecule has 3 rings (SSSR count). The van der Waals surface area contributed by atoms with Gasteiger partial charge in [0.25, 0.3) is 0 Å². The first-order valence-corrected chi connectivity index (χ1v) is 7.65. The monoisotopic (exact) mass is 297 g/mol. The Bertz CT molecular complexity index is 694. The van der Waals surface area contributed by atoms with Crippen molar-refractivity contribution in [2.45, 2.75) is 18.0 Å². The predicted molar refractivity (Wildman–Crippen MR) is 71.3 cm³/mol. The zero-order valence-corrected chi connectivity index (χ0v) is 11.6. The van der Waals surface area contributed by atoms with Gasteiger partial charge in [0.15, 0.2) is 0 Å². The van der Waals surface area contributed by atoms with Gasteiger partial charge < -0.3 is 4.57 Å². The molecule has 0 N–H and O–H groups in total. The van der Waals surface area contributed by atoms with E-state index in [2.05, 4.69) is 4.98 Å². The van der Waals surface area contributed by atoms with E-state index in [0.717, 1.165) is 5.82 Å². The van der Waals surface area contributed by atoms with E-state index in [1.165, 1.54) is 16.4 Å². The minimum Gasteiger partial charge on any atom is -0.333 e. The smallest absolute Gasteiger partial charge is 0.243 e. The van der Waals surface area contributed by atoms with Crippen LogP contribution < -0.4 is 0 Å². The fourth-order valence-electron chi connectivity index (χ4n) is 2.11. The molecule has 7 heteroatoms. The molecule has 1 aromatic carbocycles. The topological polar surface area (TPSA) is 55.2 Å². The third-order valence-corrected chi connectivity index (χ3v) is 5.27. The minimum atomic E-state index is -3.48. The number of imidazole rings is 1. The third-order valence-electron chi connectivity index (χ3n) is 3.16. The quantitative estimate of drug-likeness (QED) is 0.848. The third kappa shape index (κ3) is 2.27. The van der Waals surface area contributed by atoms with Crippen LogP contribution in [0.2, 0.25) is 5.02 Å². The van der Waals surface area contributed by atoms with E-state index in [1.807, 2.05) is 10.8 Å². The van der Waals surface area contributed by atoms with Gasteiger partial charge in [-0.25, -0.2) is 13.4 Å². The van der Waals surface area contributed by atoms with Crippen LogP contribution in [-0.4, -0.2) is 28.8 Å². The van der Waals surface area contributed by atoms with Crippen LogP contribution in [-0.2, 0) is 23.1 Å². The highest BCUT2D eigenvalue weighted by Crippen LogP contribution is 2.22. The molecule has 0 fully saturated rings. The van der Waals surface area contributed by atoms with E-state index >= 15 is 0 Å². The molecule has 5 nitrogen and oxygen atoms in total. The van der Waals surface area contributed by atoms with E-state index in [-0.39, 0.29) is 4.90 Å². The average molecular weight is 298 g/mol. The summed E-state index contributed by atoms with van der Waals surface area (Å²) in [6.45, 7) is 1.38. The molecule has 0 saturated heterocycles. The van der Waals surface area contributed by atoms with Gasteiger partial charge in [-0.3, -0.25) is 0 Å². The van der Waals surface area contributed by atoms with E-state index < -0.39 is 10.0 Å². The van der Waals surface area contributed by atoms with Gasteiger partial charge in [-0.1, -0.05) is 11.6 Å². The number of hydrogen-bond donors (Lipinski definition) is 0. The van der Waals surface area contributed by atoms with E-state index in [4.69, 9.17) is 11.6 Å². The fourth-order valence-corrected chi connectivity index (χ4v) is 3.62. The van der Waals surface area contributed by atoms with Gasteiger partial charge in [0, 0.05) is 30.5 Å². The summed E-state index contributed by atoms with van der Waals surface area (Å²) in [6, 6.07) is 6.22. The average Bonchev–Trinajstić information content (AvgIpc) is 2.86. The standard InChI is InChI=1S/C12H12ClN3O2S/c13-10-1-3-11(4-2-10)19(17,18)16-8-7-15-6-5-14-12(15)9-16/h1-6H,7-9H2. The van der Waals surface area contributed by atoms with Crippen LogP contribution in [0.25, 0.3) is 0 Å². The maximum atomic E-state index is 12.5. The molecule has 1 aromatic heterocycles. The second kappa shape index (κ2) is 4.63. The van der Waals surface area contributed by atoms with Crippen LogP contribution in [0.4, 0.5) is 0 Å². The molecule has 100 valence electrons. The molecule has 19 heavy (non-hydrogen) atoms. The van der Waals surface area contributed by atoms with Crippen molar-refractivity contribution in [2.24, 2.45) is 0 Å². The fraction of sp³-hybridized carbons (Fsp3) is 0.250. The first-order valence-electron chi connectivity index (χ1n) is 5.83. The summed E-state index contributed by atoms with van der Waals surface area (Å²) >= 11 is 5.78. The molecule has 2 aromatic rings. The summed E-state index contributed by atoms with van der Waals surface area (Å²) < 4.78 is 28.4. The molecule has 0 aliphatic carbocycles. The van der Waals surface area contributed by atoms with Crippen molar-refractivity contribution in [3.8, 4) is 0 Å². The minimum absolute atomic E-state index is 0.261. The van der Waals surface area contributed by atoms with Gasteiger partial charge in [-0.15, -0.1) is 0 Å². The maximum Gasteiger partial charge on any atom is 0.243 e. The first-order chi connectivity index (χ1) is 9.07. The first kappa shape index (κ1) is 12.7. The lowest BCUT2D eigenvalue weighted by Crippen LogP contribution is -2.38. The number of sulfonamides is 1. The Morgan fingerprint density at radius 1 is 1.16 bits per heavy atom. The molecule has 1 aliphatic rings. The SMILES string of the molecule is O=S(=O)(c1ccc(Cl)cc1)N1CCn2ccnc2C1. The molecule has 0 saturated carbocycles. The van der Waals surface area contributed by atoms with E-state index in [0.29, 0.717) is 24.7 Å². The highest BCUT2D eigenvalue weighted by atomic mass is 35.5. The summed E-state index contributed by atoms with van der Waals surface area (Å²) in [5.74, 6) is 0.767. The van der Waals surface area contributed by atoms with Crippen molar-refractivity contribution >= 4 is 21.6 Å². The molecule has 0 radical (unpaired) electrons. The van der Waals surface area contributed by atoms with Crippen LogP contribution in [0, 0.1) is 0 Å². The highest BCUT2D eigenvalue weighted by molar-refractivity contribution is 7.89. The van der Waals surface area contributed by atoms with Crippen LogP contribution in [0.1, 0.15) is 5.82 Å². The molecule has 2 heterocycles. The number of benzene rings is 1. The Balaban J connectivity index is 1.92. The summed E-state index contributed by atoms with van der Waals surface area (Å²) in [6.07, 6.45) is 3.55. The van der Waals surface area contributed by atoms with Crippen molar-refractivity contribution < 1.29 is 8.42 Å². The lowest BCUT2D eigenvalue weighted by atomic mass is 10.4. The van der Waals surface area contributed by atoms with Crippen molar-refractivity contribution in [3.05, 3.63) is 47.5 Å². The second-order valence-corrected chi connectivity index (χ2v) is 6.70. The second-order valence-electron chi connectivity index (χ2n) is 4.33. The van der Waals surface area contributed by atoms with Crippen molar-refractivity contribution in [1.82, 2.24) is 13.9 Å². The Morgan fingerprint density at radius 3 is 2.63 bits per heavy atom. The van der Waals surface area contributed by atoms with Crippen LogP contribution in [0.15, 0.2) is 41.6 Å². The summed E-state index contributed by atoms with van der Waals surface area (Å²) in [5.41, 5.74) is 0. The molecule has 1 aliphatic heterocycles. The molecular formula is C12H12ClN3O2S. The Morgan fingerprint density at radius 2 is 1.89 bits per heavy atom. The maximum absolute atomic E-state index is 12.5. The summed E-state index contributed by atoms with van der Waals surface area (Å²) in [7, 11) is -3.48. The van der Waals surface area contributed by atoms with Crippen molar-refractivity contribution in [1.29, 1.82) is 0 Å². The van der Waals surface area contributed by atoms with Gasteiger partial charge in [0.2, 0.25) is 10.0 Å². The Labute approximate surface area is 116 Å². The number of rotatable bonds is 2. The summed E-state index contributed by atoms with van der Waals surface area (Å²) in [4.78, 5) is 4.43. The number of halogens is 1. The van der Waals surface area contributed by atoms with Gasteiger partial charge in [-0.05, 0) is 24.3 Å². The zero-order valence-electron chi connectivity index (χ0n) is 10.0. The van der Waals surface area contributed by atoms with Crippen LogP contribution >= 0.6 is 11.6 Å². The zero-order chi connectivity index (χ0) is 13.5. The van der Waals surface area contributed by atoms with Gasteiger partial charge in [-0.2, -0.15) is 4.31 Å². The molecule has 0 bridgehead atoms. The number of nitrogens with zero attached hydrogens (tertiary/aromatic N) is 3. The van der Waals surface area contributed by atoms with E-state index in [1.54, 1.807) is 18.3 Å². The number of hydrogen-bond acceptors (Lipinski definition) is 3. The number of aromatic nitrogens is 2. The van der Waals surface area contributed by atoms with Gasteiger partial charge in [0.05, 0.1) is 11.4 Å². The Hall–Kier alpha value is -1.37. The Kier molecular flexibility index (Phi) is 3.08. The normalized spacial score (nSPS) is 16.3. The van der Waals surface area contributed by atoms with Crippen LogP contribution in [0.3, 0.4) is 0 Å². The lowest BCUT2D eigenvalue weighted by molar-refractivity contribution is 0.335. The van der Waals surface area contributed by atoms with Gasteiger partial charge >= 0.3 is 0 Å². The van der Waals surface area contributed by atoms with Crippen molar-refractivity contribution in [2.75, 3.05) is 6.54 Å². The van der Waals surface area contributed by atoms with Gasteiger partial charge in [0.1, 0.15) is 5.82 Å². The molecular weight excluding hydrogens is 286 g/mol. The van der Waals surface area contributed by atoms with E-state index in [9.17, 15) is 8.42 Å². The molecule has 0 spiro atoms. The summed E-state index contributed by atoms with van der Waals surface area (Å²) in [5, 5.41) is 0.521. The lowest BCUT2D eigenvalue weighted by Gasteiger charge is -2.26. The molecule has 0 unspecified atom stereocenters. The predicted octanol–water partition coefficient (Wildman–Crippen LogP) is 1.74. The largest absolute Gasteiger partial charge is 0.333 e. The number of fused-ring (bicyclic) bond motifs is 1. The highest BCUT2D eigenvalue weighted by Gasteiger charge is 2.28. The van der Waals surface area contributed by atoms with Crippen molar-refractivity contribution in [3.63, 3.8) is 0 Å². The van der Waals surface area contributed by atoms with Crippen LogP contribution in [0.5, 0.6) is 0 Å². The molecule has 0 atom stereocenters. The molecule has 0 amide bonds.